The molecule has 2 aliphatic heterocycles. The second-order valence-corrected chi connectivity index (χ2v) is 8.78. The van der Waals surface area contributed by atoms with Gasteiger partial charge in [0.25, 0.3) is 0 Å². The maximum Gasteiger partial charge on any atom is 0.236 e. The van der Waals surface area contributed by atoms with Gasteiger partial charge < -0.3 is 4.90 Å². The Hall–Kier alpha value is -1.72. The average molecular weight is 384 g/mol. The smallest absolute Gasteiger partial charge is 0.236 e. The van der Waals surface area contributed by atoms with Gasteiger partial charge in [-0.25, -0.2) is 0 Å². The molecule has 1 saturated carbocycles. The molecular formula is C23H33N3O2. The van der Waals surface area contributed by atoms with Crippen LogP contribution in [0.15, 0.2) is 30.3 Å². The number of benzene rings is 1. The van der Waals surface area contributed by atoms with Crippen LogP contribution in [0, 0.1) is 0 Å². The summed E-state index contributed by atoms with van der Waals surface area (Å²) in [6, 6.07) is 10.9. The molecule has 5 nitrogen and oxygen atoms in total. The molecule has 0 bridgehead atoms. The monoisotopic (exact) mass is 383 g/mol. The molecule has 5 heteroatoms. The van der Waals surface area contributed by atoms with Crippen LogP contribution in [0.4, 0.5) is 0 Å². The minimum atomic E-state index is -0.380. The fourth-order valence-corrected chi connectivity index (χ4v) is 5.07. The lowest BCUT2D eigenvalue weighted by atomic mass is 9.70. The van der Waals surface area contributed by atoms with Gasteiger partial charge in [-0.2, -0.15) is 0 Å². The molecule has 0 N–H and O–H groups in total. The molecule has 0 aromatic heterocycles. The number of piperidine rings is 1. The number of likely N-dealkylation sites (tertiary alicyclic amines) is 1. The predicted molar refractivity (Wildman–Crippen MR) is 110 cm³/mol. The third kappa shape index (κ3) is 3.87. The van der Waals surface area contributed by atoms with Gasteiger partial charge in [0.05, 0.1) is 12.0 Å². The van der Waals surface area contributed by atoms with Crippen LogP contribution in [-0.4, -0.2) is 78.2 Å². The Labute approximate surface area is 168 Å². The Bertz CT molecular complexity index is 685. The fraction of sp³-hybridized carbons (Fsp3) is 0.652. The molecule has 1 aliphatic carbocycles. The normalized spacial score (nSPS) is 24.0. The molecule has 152 valence electrons. The maximum atomic E-state index is 12.8. The van der Waals surface area contributed by atoms with E-state index in [0.717, 1.165) is 63.7 Å². The SMILES string of the molecule is CC(=O)C1(c2ccccc2)CCN(CC(=O)N2CCN(C3CCC3)CC2)CC1. The second-order valence-electron chi connectivity index (χ2n) is 8.78. The first-order valence-corrected chi connectivity index (χ1v) is 10.9. The molecule has 0 radical (unpaired) electrons. The summed E-state index contributed by atoms with van der Waals surface area (Å²) in [5.41, 5.74) is 0.746. The van der Waals surface area contributed by atoms with Crippen molar-refractivity contribution in [2.24, 2.45) is 0 Å². The Morgan fingerprint density at radius 3 is 2.14 bits per heavy atom. The minimum Gasteiger partial charge on any atom is -0.339 e. The van der Waals surface area contributed by atoms with Crippen LogP contribution in [0.2, 0.25) is 0 Å². The van der Waals surface area contributed by atoms with Crippen LogP contribution in [-0.2, 0) is 15.0 Å². The zero-order valence-electron chi connectivity index (χ0n) is 17.1. The van der Waals surface area contributed by atoms with Crippen molar-refractivity contribution in [1.82, 2.24) is 14.7 Å². The van der Waals surface area contributed by atoms with E-state index in [0.29, 0.717) is 6.54 Å². The Balaban J connectivity index is 1.29. The first-order chi connectivity index (χ1) is 13.6. The van der Waals surface area contributed by atoms with Crippen LogP contribution in [0.1, 0.15) is 44.6 Å². The van der Waals surface area contributed by atoms with Crippen molar-refractivity contribution >= 4 is 11.7 Å². The van der Waals surface area contributed by atoms with E-state index in [1.54, 1.807) is 6.92 Å². The number of hydrogen-bond donors (Lipinski definition) is 0. The largest absolute Gasteiger partial charge is 0.339 e. The molecule has 1 aromatic rings. The number of Topliss-reactive ketones (excluding diaryl/α,β-unsaturated/α-hetero) is 1. The Morgan fingerprint density at radius 2 is 1.61 bits per heavy atom. The minimum absolute atomic E-state index is 0.247. The van der Waals surface area contributed by atoms with E-state index in [1.165, 1.54) is 19.3 Å². The number of piperazine rings is 1. The van der Waals surface area contributed by atoms with Gasteiger partial charge >= 0.3 is 0 Å². The lowest BCUT2D eigenvalue weighted by Crippen LogP contribution is -2.55. The van der Waals surface area contributed by atoms with E-state index in [1.807, 2.05) is 23.1 Å². The fourth-order valence-electron chi connectivity index (χ4n) is 5.07. The standard InChI is InChI=1S/C23H33N3O2/c1-19(27)23(20-6-3-2-4-7-20)10-12-24(13-11-23)18-22(28)26-16-14-25(15-17-26)21-8-5-9-21/h2-4,6-7,21H,5,8-18H2,1H3. The van der Waals surface area contributed by atoms with Crippen molar-refractivity contribution in [3.05, 3.63) is 35.9 Å². The lowest BCUT2D eigenvalue weighted by Gasteiger charge is -2.44. The van der Waals surface area contributed by atoms with Crippen molar-refractivity contribution in [2.45, 2.75) is 50.5 Å². The lowest BCUT2D eigenvalue weighted by molar-refractivity contribution is -0.135. The summed E-state index contributed by atoms with van der Waals surface area (Å²) in [4.78, 5) is 32.2. The topological polar surface area (TPSA) is 43.9 Å². The summed E-state index contributed by atoms with van der Waals surface area (Å²) in [5.74, 6) is 0.500. The van der Waals surface area contributed by atoms with Gasteiger partial charge in [0, 0.05) is 32.2 Å². The summed E-state index contributed by atoms with van der Waals surface area (Å²) < 4.78 is 0. The van der Waals surface area contributed by atoms with Gasteiger partial charge in [0.1, 0.15) is 5.78 Å². The van der Waals surface area contributed by atoms with Crippen molar-refractivity contribution in [3.8, 4) is 0 Å². The number of nitrogens with zero attached hydrogens (tertiary/aromatic N) is 3. The van der Waals surface area contributed by atoms with Crippen molar-refractivity contribution < 1.29 is 9.59 Å². The number of carbonyl (C=O) groups is 2. The van der Waals surface area contributed by atoms with Crippen LogP contribution in [0.3, 0.4) is 0 Å². The van der Waals surface area contributed by atoms with Gasteiger partial charge in [-0.05, 0) is 51.3 Å². The zero-order valence-corrected chi connectivity index (χ0v) is 17.1. The maximum absolute atomic E-state index is 12.8. The average Bonchev–Trinajstić information content (AvgIpc) is 2.68. The first-order valence-electron chi connectivity index (χ1n) is 10.9. The highest BCUT2D eigenvalue weighted by molar-refractivity contribution is 5.88. The predicted octanol–water partition coefficient (Wildman–Crippen LogP) is 2.31. The molecule has 1 amide bonds. The number of ketones is 1. The molecule has 3 fully saturated rings. The van der Waals surface area contributed by atoms with E-state index in [4.69, 9.17) is 0 Å². The van der Waals surface area contributed by atoms with Crippen LogP contribution in [0.5, 0.6) is 0 Å². The van der Waals surface area contributed by atoms with Gasteiger partial charge in [-0.1, -0.05) is 36.8 Å². The van der Waals surface area contributed by atoms with E-state index in [2.05, 4.69) is 21.9 Å². The van der Waals surface area contributed by atoms with Gasteiger partial charge in [-0.15, -0.1) is 0 Å². The molecular weight excluding hydrogens is 350 g/mol. The molecule has 0 atom stereocenters. The van der Waals surface area contributed by atoms with Crippen molar-refractivity contribution in [3.63, 3.8) is 0 Å². The molecule has 2 saturated heterocycles. The summed E-state index contributed by atoms with van der Waals surface area (Å²) in [5, 5.41) is 0. The summed E-state index contributed by atoms with van der Waals surface area (Å²) in [7, 11) is 0. The molecule has 3 aliphatic rings. The molecule has 0 spiro atoms. The van der Waals surface area contributed by atoms with E-state index in [-0.39, 0.29) is 17.1 Å². The van der Waals surface area contributed by atoms with E-state index in [9.17, 15) is 9.59 Å². The highest BCUT2D eigenvalue weighted by Crippen LogP contribution is 2.36. The van der Waals surface area contributed by atoms with Crippen LogP contribution >= 0.6 is 0 Å². The van der Waals surface area contributed by atoms with Crippen molar-refractivity contribution in [1.29, 1.82) is 0 Å². The van der Waals surface area contributed by atoms with E-state index < -0.39 is 0 Å². The zero-order chi connectivity index (χ0) is 19.6. The molecule has 4 rings (SSSR count). The highest BCUT2D eigenvalue weighted by Gasteiger charge is 2.40. The first kappa shape index (κ1) is 19.6. The summed E-state index contributed by atoms with van der Waals surface area (Å²) in [6.07, 6.45) is 5.63. The summed E-state index contributed by atoms with van der Waals surface area (Å²) in [6.45, 7) is 7.61. The van der Waals surface area contributed by atoms with Crippen LogP contribution in [0.25, 0.3) is 0 Å². The van der Waals surface area contributed by atoms with Gasteiger partial charge in [0.15, 0.2) is 0 Å². The molecule has 0 unspecified atom stereocenters. The Morgan fingerprint density at radius 1 is 0.964 bits per heavy atom. The van der Waals surface area contributed by atoms with Crippen LogP contribution < -0.4 is 0 Å². The van der Waals surface area contributed by atoms with Gasteiger partial charge in [-0.3, -0.25) is 19.4 Å². The number of amides is 1. The third-order valence-corrected chi connectivity index (χ3v) is 7.33. The number of carbonyl (C=O) groups excluding carboxylic acids is 2. The highest BCUT2D eigenvalue weighted by atomic mass is 16.2. The molecule has 28 heavy (non-hydrogen) atoms. The number of hydrogen-bond acceptors (Lipinski definition) is 4. The van der Waals surface area contributed by atoms with E-state index >= 15 is 0 Å². The quantitative estimate of drug-likeness (QED) is 0.783. The molecule has 2 heterocycles. The Kier molecular flexibility index (Phi) is 5.83. The third-order valence-electron chi connectivity index (χ3n) is 7.33. The number of rotatable bonds is 5. The van der Waals surface area contributed by atoms with Crippen molar-refractivity contribution in [2.75, 3.05) is 45.8 Å². The second kappa shape index (κ2) is 8.34. The summed E-state index contributed by atoms with van der Waals surface area (Å²) >= 11 is 0. The molecule has 1 aromatic carbocycles. The van der Waals surface area contributed by atoms with Gasteiger partial charge in [0.2, 0.25) is 5.91 Å².